The number of rotatable bonds is 9. The molecule has 3 rings (SSSR count). The fourth-order valence-electron chi connectivity index (χ4n) is 3.53. The van der Waals surface area contributed by atoms with Crippen LogP contribution in [0.1, 0.15) is 12.5 Å². The van der Waals surface area contributed by atoms with Gasteiger partial charge in [-0.1, -0.05) is 69.5 Å². The van der Waals surface area contributed by atoms with E-state index in [0.717, 1.165) is 14.3 Å². The van der Waals surface area contributed by atoms with Crippen molar-refractivity contribution >= 4 is 66.7 Å². The summed E-state index contributed by atoms with van der Waals surface area (Å²) in [5.74, 6) is -0.988. The molecule has 0 bridgehead atoms. The monoisotopic (exact) mass is 611 g/mol. The van der Waals surface area contributed by atoms with Gasteiger partial charge in [0.25, 0.3) is 10.0 Å². The van der Waals surface area contributed by atoms with Crippen LogP contribution in [0.15, 0.2) is 82.2 Å². The molecule has 0 aromatic heterocycles. The van der Waals surface area contributed by atoms with Crippen LogP contribution in [0.2, 0.25) is 10.0 Å². The highest BCUT2D eigenvalue weighted by Gasteiger charge is 2.33. The smallest absolute Gasteiger partial charge is 0.264 e. The summed E-state index contributed by atoms with van der Waals surface area (Å²) in [6.07, 6.45) is 0. The van der Waals surface area contributed by atoms with Gasteiger partial charge in [-0.15, -0.1) is 0 Å². The number of likely N-dealkylation sites (N-methyl/N-ethyl adjacent to an activating group) is 1. The van der Waals surface area contributed by atoms with Crippen LogP contribution in [0.5, 0.6) is 0 Å². The highest BCUT2D eigenvalue weighted by Crippen LogP contribution is 2.33. The first-order chi connectivity index (χ1) is 17.0. The average molecular weight is 613 g/mol. The van der Waals surface area contributed by atoms with E-state index in [4.69, 9.17) is 23.2 Å². The molecule has 0 fully saturated rings. The Balaban J connectivity index is 2.07. The van der Waals surface area contributed by atoms with Crippen LogP contribution in [0.25, 0.3) is 0 Å². The zero-order chi connectivity index (χ0) is 26.5. The van der Waals surface area contributed by atoms with Gasteiger partial charge in [0.2, 0.25) is 11.8 Å². The molecule has 0 saturated heterocycles. The Bertz CT molecular complexity index is 1360. The van der Waals surface area contributed by atoms with Crippen molar-refractivity contribution in [2.24, 2.45) is 0 Å². The lowest BCUT2D eigenvalue weighted by Crippen LogP contribution is -2.50. The van der Waals surface area contributed by atoms with Gasteiger partial charge in [0.1, 0.15) is 12.6 Å². The fraction of sp³-hybridized carbons (Fsp3) is 0.200. The molecule has 2 amide bonds. The third-order valence-electron chi connectivity index (χ3n) is 5.44. The van der Waals surface area contributed by atoms with E-state index in [2.05, 4.69) is 21.2 Å². The van der Waals surface area contributed by atoms with Crippen LogP contribution >= 0.6 is 39.1 Å². The maximum absolute atomic E-state index is 13.7. The maximum atomic E-state index is 13.7. The van der Waals surface area contributed by atoms with Crippen molar-refractivity contribution in [3.8, 4) is 0 Å². The van der Waals surface area contributed by atoms with E-state index in [-0.39, 0.29) is 27.2 Å². The van der Waals surface area contributed by atoms with Gasteiger partial charge in [-0.2, -0.15) is 0 Å². The van der Waals surface area contributed by atoms with E-state index in [9.17, 15) is 18.0 Å². The largest absolute Gasteiger partial charge is 0.357 e. The Morgan fingerprint density at radius 3 is 2.33 bits per heavy atom. The molecule has 7 nitrogen and oxygen atoms in total. The second-order valence-electron chi connectivity index (χ2n) is 7.86. The van der Waals surface area contributed by atoms with Crippen LogP contribution in [-0.2, 0) is 26.2 Å². The molecule has 0 saturated carbocycles. The number of carbonyl (C=O) groups excluding carboxylic acids is 2. The topological polar surface area (TPSA) is 86.8 Å². The van der Waals surface area contributed by atoms with Gasteiger partial charge < -0.3 is 10.2 Å². The van der Waals surface area contributed by atoms with Gasteiger partial charge in [0, 0.05) is 23.1 Å². The first kappa shape index (κ1) is 28.0. The molecule has 36 heavy (non-hydrogen) atoms. The summed E-state index contributed by atoms with van der Waals surface area (Å²) in [7, 11) is -2.75. The Hall–Kier alpha value is -2.59. The number of anilines is 1. The minimum atomic E-state index is -4.22. The normalized spacial score (nSPS) is 12.0. The standard InChI is InChI=1S/C25H24BrCl2N3O4S/c1-17(25(33)29-2)30(15-18-7-6-8-19(26)13-18)24(32)16-31(23-14-20(27)11-12-22(23)28)36(34,35)21-9-4-3-5-10-21/h3-14,17H,15-16H2,1-2H3,(H,29,33). The molecule has 0 spiro atoms. The van der Waals surface area contributed by atoms with Crippen LogP contribution in [-0.4, -0.2) is 44.8 Å². The Kier molecular flexibility index (Phi) is 9.41. The quantitative estimate of drug-likeness (QED) is 0.364. The summed E-state index contributed by atoms with van der Waals surface area (Å²) in [5.41, 5.74) is 0.808. The van der Waals surface area contributed by atoms with E-state index >= 15 is 0 Å². The maximum Gasteiger partial charge on any atom is 0.264 e. The third kappa shape index (κ3) is 6.59. The first-order valence-electron chi connectivity index (χ1n) is 10.8. The number of benzene rings is 3. The lowest BCUT2D eigenvalue weighted by atomic mass is 10.1. The predicted octanol–water partition coefficient (Wildman–Crippen LogP) is 5.11. The third-order valence-corrected chi connectivity index (χ3v) is 8.26. The summed E-state index contributed by atoms with van der Waals surface area (Å²) >= 11 is 15.9. The number of hydrogen-bond donors (Lipinski definition) is 1. The van der Waals surface area contributed by atoms with Gasteiger partial charge >= 0.3 is 0 Å². The summed E-state index contributed by atoms with van der Waals surface area (Å²) in [5, 5.41) is 2.89. The summed E-state index contributed by atoms with van der Waals surface area (Å²) in [6, 6.07) is 18.5. The van der Waals surface area contributed by atoms with Crippen LogP contribution < -0.4 is 9.62 Å². The van der Waals surface area contributed by atoms with Gasteiger partial charge in [-0.3, -0.25) is 13.9 Å². The van der Waals surface area contributed by atoms with Crippen LogP contribution in [0.3, 0.4) is 0 Å². The van der Waals surface area contributed by atoms with E-state index < -0.39 is 34.4 Å². The Morgan fingerprint density at radius 1 is 1.00 bits per heavy atom. The van der Waals surface area contributed by atoms with Crippen LogP contribution in [0, 0.1) is 0 Å². The molecular weight excluding hydrogens is 589 g/mol. The van der Waals surface area contributed by atoms with E-state index in [0.29, 0.717) is 0 Å². The van der Waals surface area contributed by atoms with E-state index in [1.165, 1.54) is 42.3 Å². The number of carbonyl (C=O) groups is 2. The van der Waals surface area contributed by atoms with Crippen molar-refractivity contribution < 1.29 is 18.0 Å². The highest BCUT2D eigenvalue weighted by molar-refractivity contribution is 9.10. The highest BCUT2D eigenvalue weighted by atomic mass is 79.9. The molecule has 1 atom stereocenters. The van der Waals surface area contributed by atoms with Crippen molar-refractivity contribution in [3.63, 3.8) is 0 Å². The van der Waals surface area contributed by atoms with E-state index in [1.54, 1.807) is 25.1 Å². The summed E-state index contributed by atoms with van der Waals surface area (Å²) in [6.45, 7) is 1.05. The second kappa shape index (κ2) is 12.1. The predicted molar refractivity (Wildman–Crippen MR) is 146 cm³/mol. The Labute approximate surface area is 229 Å². The first-order valence-corrected chi connectivity index (χ1v) is 13.8. The molecule has 11 heteroatoms. The molecule has 3 aromatic rings. The number of nitrogens with one attached hydrogen (secondary N) is 1. The number of halogens is 3. The van der Waals surface area contributed by atoms with Crippen molar-refractivity contribution in [3.05, 3.63) is 92.9 Å². The molecule has 1 N–H and O–H groups in total. The number of sulfonamides is 1. The van der Waals surface area contributed by atoms with Gasteiger partial charge in [0.05, 0.1) is 15.6 Å². The number of nitrogens with zero attached hydrogens (tertiary/aromatic N) is 2. The zero-order valence-electron chi connectivity index (χ0n) is 19.5. The second-order valence-corrected chi connectivity index (χ2v) is 11.5. The zero-order valence-corrected chi connectivity index (χ0v) is 23.4. The van der Waals surface area contributed by atoms with Crippen molar-refractivity contribution in [1.82, 2.24) is 10.2 Å². The molecule has 0 aliphatic heterocycles. The van der Waals surface area contributed by atoms with Gasteiger partial charge in [0.15, 0.2) is 0 Å². The van der Waals surface area contributed by atoms with E-state index in [1.807, 2.05) is 24.3 Å². The van der Waals surface area contributed by atoms with Gasteiger partial charge in [-0.25, -0.2) is 8.42 Å². The lowest BCUT2D eigenvalue weighted by Gasteiger charge is -2.32. The molecule has 0 heterocycles. The minimum Gasteiger partial charge on any atom is -0.357 e. The molecule has 1 unspecified atom stereocenters. The van der Waals surface area contributed by atoms with Crippen molar-refractivity contribution in [2.45, 2.75) is 24.4 Å². The molecule has 0 radical (unpaired) electrons. The minimum absolute atomic E-state index is 0.0215. The molecular formula is C25H24BrCl2N3O4S. The van der Waals surface area contributed by atoms with Gasteiger partial charge in [-0.05, 0) is 55.0 Å². The Morgan fingerprint density at radius 2 is 1.69 bits per heavy atom. The summed E-state index contributed by atoms with van der Waals surface area (Å²) < 4.78 is 29.1. The molecule has 0 aliphatic rings. The molecule has 190 valence electrons. The fourth-order valence-corrected chi connectivity index (χ4v) is 5.86. The SMILES string of the molecule is CNC(=O)C(C)N(Cc1cccc(Br)c1)C(=O)CN(c1cc(Cl)ccc1Cl)S(=O)(=O)c1ccccc1. The molecule has 3 aromatic carbocycles. The van der Waals surface area contributed by atoms with Crippen molar-refractivity contribution in [1.29, 1.82) is 0 Å². The van der Waals surface area contributed by atoms with Crippen molar-refractivity contribution in [2.75, 3.05) is 17.9 Å². The average Bonchev–Trinajstić information content (AvgIpc) is 2.86. The lowest BCUT2D eigenvalue weighted by molar-refractivity contribution is -0.139. The summed E-state index contributed by atoms with van der Waals surface area (Å²) in [4.78, 5) is 27.5. The number of amides is 2. The number of hydrogen-bond acceptors (Lipinski definition) is 4. The molecule has 0 aliphatic carbocycles. The van der Waals surface area contributed by atoms with Crippen LogP contribution in [0.4, 0.5) is 5.69 Å².